The summed E-state index contributed by atoms with van der Waals surface area (Å²) < 4.78 is 0. The number of nitrogens with two attached hydrogens (primary N) is 3. The van der Waals surface area contributed by atoms with Gasteiger partial charge in [-0.3, -0.25) is 0 Å². The molecule has 1 aliphatic carbocycles. The quantitative estimate of drug-likeness (QED) is 0.662. The lowest BCUT2D eigenvalue weighted by Crippen LogP contribution is -2.00. The Kier molecular flexibility index (Phi) is 14.6. The molecule has 0 aliphatic heterocycles. The van der Waals surface area contributed by atoms with E-state index in [1.807, 2.05) is 30.4 Å². The molecule has 0 bridgehead atoms. The molecule has 0 radical (unpaired) electrons. The van der Waals surface area contributed by atoms with Crippen LogP contribution in [0.5, 0.6) is 0 Å². The third-order valence-corrected chi connectivity index (χ3v) is 2.55. The van der Waals surface area contributed by atoms with Crippen molar-refractivity contribution in [3.8, 4) is 0 Å². The van der Waals surface area contributed by atoms with E-state index in [0.717, 1.165) is 5.56 Å². The summed E-state index contributed by atoms with van der Waals surface area (Å²) in [5, 5.41) is 9.62. The molecule has 1 aromatic carbocycles. The van der Waals surface area contributed by atoms with Crippen LogP contribution < -0.4 is 17.2 Å². The van der Waals surface area contributed by atoms with E-state index in [4.69, 9.17) is 0 Å². The molecular formula is C16H29N3O. The Hall–Kier alpha value is -1.46. The standard InChI is InChI=1S/C13H14O.3CH5N/c1-10(14)12-8-4-5-9-13(12)11-6-2-3-7-11;3*1-2/h2-11,14H,1H3;3*2H2,1H3. The van der Waals surface area contributed by atoms with Crippen LogP contribution >= 0.6 is 0 Å². The third-order valence-electron chi connectivity index (χ3n) is 2.55. The maximum atomic E-state index is 9.62. The highest BCUT2D eigenvalue weighted by Crippen LogP contribution is 2.29. The lowest BCUT2D eigenvalue weighted by atomic mass is 9.93. The van der Waals surface area contributed by atoms with Gasteiger partial charge < -0.3 is 22.3 Å². The average Bonchev–Trinajstić information content (AvgIpc) is 3.07. The molecule has 1 unspecified atom stereocenters. The smallest absolute Gasteiger partial charge is 0.0764 e. The molecule has 1 aliphatic rings. The van der Waals surface area contributed by atoms with Gasteiger partial charge in [-0.1, -0.05) is 48.6 Å². The van der Waals surface area contributed by atoms with Crippen molar-refractivity contribution in [2.24, 2.45) is 17.2 Å². The van der Waals surface area contributed by atoms with Gasteiger partial charge in [-0.15, -0.1) is 0 Å². The van der Waals surface area contributed by atoms with Crippen molar-refractivity contribution in [3.05, 3.63) is 59.7 Å². The average molecular weight is 279 g/mol. The summed E-state index contributed by atoms with van der Waals surface area (Å²) >= 11 is 0. The summed E-state index contributed by atoms with van der Waals surface area (Å²) in [7, 11) is 4.50. The Morgan fingerprint density at radius 3 is 1.80 bits per heavy atom. The molecule has 0 amide bonds. The Morgan fingerprint density at radius 2 is 1.35 bits per heavy atom. The fourth-order valence-electron chi connectivity index (χ4n) is 1.83. The van der Waals surface area contributed by atoms with Gasteiger partial charge in [-0.05, 0) is 39.2 Å². The highest BCUT2D eigenvalue weighted by Gasteiger charge is 2.13. The fraction of sp³-hybridized carbons (Fsp3) is 0.375. The first-order valence-electron chi connectivity index (χ1n) is 6.64. The Morgan fingerprint density at radius 1 is 0.900 bits per heavy atom. The molecule has 1 atom stereocenters. The van der Waals surface area contributed by atoms with Crippen molar-refractivity contribution in [2.75, 3.05) is 21.1 Å². The molecule has 7 N–H and O–H groups in total. The second-order valence-corrected chi connectivity index (χ2v) is 3.60. The maximum absolute atomic E-state index is 9.62. The van der Waals surface area contributed by atoms with Gasteiger partial charge in [-0.25, -0.2) is 0 Å². The minimum Gasteiger partial charge on any atom is -0.389 e. The first-order chi connectivity index (χ1) is 9.79. The number of aliphatic hydroxyl groups is 1. The number of allylic oxidation sites excluding steroid dienone is 4. The van der Waals surface area contributed by atoms with Crippen LogP contribution in [0.25, 0.3) is 0 Å². The molecule has 0 aromatic heterocycles. The number of aliphatic hydroxyl groups excluding tert-OH is 1. The van der Waals surface area contributed by atoms with Gasteiger partial charge in [0.15, 0.2) is 0 Å². The number of hydrogen-bond donors (Lipinski definition) is 4. The van der Waals surface area contributed by atoms with Crippen molar-refractivity contribution in [2.45, 2.75) is 18.9 Å². The van der Waals surface area contributed by atoms with E-state index in [0.29, 0.717) is 5.92 Å². The van der Waals surface area contributed by atoms with Gasteiger partial charge in [0, 0.05) is 5.92 Å². The Balaban J connectivity index is 0. The predicted octanol–water partition coefficient (Wildman–Crippen LogP) is 1.67. The molecule has 0 saturated carbocycles. The number of rotatable bonds is 2. The Bertz CT molecular complexity index is 375. The molecule has 2 rings (SSSR count). The SMILES string of the molecule is CC(O)c1ccccc1C1C=CC=C1.CN.CN.CN. The predicted molar refractivity (Wildman–Crippen MR) is 88.4 cm³/mol. The second-order valence-electron chi connectivity index (χ2n) is 3.60. The van der Waals surface area contributed by atoms with E-state index >= 15 is 0 Å². The summed E-state index contributed by atoms with van der Waals surface area (Å²) in [5.74, 6) is 0.334. The first-order valence-corrected chi connectivity index (χ1v) is 6.64. The van der Waals surface area contributed by atoms with Gasteiger partial charge in [0.25, 0.3) is 0 Å². The van der Waals surface area contributed by atoms with E-state index in [-0.39, 0.29) is 0 Å². The van der Waals surface area contributed by atoms with Crippen molar-refractivity contribution in [1.82, 2.24) is 0 Å². The fourth-order valence-corrected chi connectivity index (χ4v) is 1.83. The highest BCUT2D eigenvalue weighted by atomic mass is 16.3. The lowest BCUT2D eigenvalue weighted by Gasteiger charge is -2.14. The second kappa shape index (κ2) is 14.0. The Labute approximate surface area is 123 Å². The van der Waals surface area contributed by atoms with Crippen LogP contribution in [0, 0.1) is 0 Å². The molecule has 0 fully saturated rings. The van der Waals surface area contributed by atoms with Crippen molar-refractivity contribution in [3.63, 3.8) is 0 Å². The summed E-state index contributed by atoms with van der Waals surface area (Å²) in [6.07, 6.45) is 7.98. The van der Waals surface area contributed by atoms with Gasteiger partial charge in [-0.2, -0.15) is 0 Å². The molecular weight excluding hydrogens is 250 g/mol. The van der Waals surface area contributed by atoms with Crippen molar-refractivity contribution < 1.29 is 5.11 Å². The molecule has 114 valence electrons. The van der Waals surface area contributed by atoms with Gasteiger partial charge in [0.05, 0.1) is 6.10 Å². The summed E-state index contributed by atoms with van der Waals surface area (Å²) in [6.45, 7) is 1.81. The zero-order valence-electron chi connectivity index (χ0n) is 13.0. The molecule has 20 heavy (non-hydrogen) atoms. The van der Waals surface area contributed by atoms with Gasteiger partial charge >= 0.3 is 0 Å². The summed E-state index contributed by atoms with van der Waals surface area (Å²) in [4.78, 5) is 0. The molecule has 0 heterocycles. The van der Waals surface area contributed by atoms with E-state index < -0.39 is 6.10 Å². The van der Waals surface area contributed by atoms with Crippen LogP contribution in [0.4, 0.5) is 0 Å². The lowest BCUT2D eigenvalue weighted by molar-refractivity contribution is 0.198. The number of benzene rings is 1. The maximum Gasteiger partial charge on any atom is 0.0764 e. The number of hydrogen-bond acceptors (Lipinski definition) is 4. The molecule has 4 nitrogen and oxygen atoms in total. The van der Waals surface area contributed by atoms with Gasteiger partial charge in [0.2, 0.25) is 0 Å². The van der Waals surface area contributed by atoms with E-state index in [1.165, 1.54) is 26.7 Å². The van der Waals surface area contributed by atoms with E-state index in [9.17, 15) is 5.11 Å². The van der Waals surface area contributed by atoms with E-state index in [1.54, 1.807) is 6.92 Å². The first kappa shape index (κ1) is 20.8. The van der Waals surface area contributed by atoms with E-state index in [2.05, 4.69) is 35.4 Å². The normalized spacial score (nSPS) is 13.2. The monoisotopic (exact) mass is 279 g/mol. The largest absolute Gasteiger partial charge is 0.389 e. The van der Waals surface area contributed by atoms with Crippen LogP contribution in [0.3, 0.4) is 0 Å². The molecule has 4 heteroatoms. The van der Waals surface area contributed by atoms with Crippen LogP contribution in [0.15, 0.2) is 48.6 Å². The van der Waals surface area contributed by atoms with Gasteiger partial charge in [0.1, 0.15) is 0 Å². The third kappa shape index (κ3) is 6.63. The highest BCUT2D eigenvalue weighted by molar-refractivity contribution is 5.40. The van der Waals surface area contributed by atoms with Crippen LogP contribution in [-0.2, 0) is 0 Å². The molecule has 0 spiro atoms. The topological polar surface area (TPSA) is 98.3 Å². The van der Waals surface area contributed by atoms with Crippen molar-refractivity contribution >= 4 is 0 Å². The van der Waals surface area contributed by atoms with Crippen LogP contribution in [0.1, 0.15) is 30.1 Å². The zero-order valence-corrected chi connectivity index (χ0v) is 13.0. The summed E-state index contributed by atoms with van der Waals surface area (Å²) in [5.41, 5.74) is 15.7. The van der Waals surface area contributed by atoms with Crippen molar-refractivity contribution in [1.29, 1.82) is 0 Å². The minimum absolute atomic E-state index is 0.334. The zero-order chi connectivity index (χ0) is 16.0. The molecule has 1 aromatic rings. The summed E-state index contributed by atoms with van der Waals surface area (Å²) in [6, 6.07) is 8.04. The minimum atomic E-state index is -0.395. The van der Waals surface area contributed by atoms with Crippen LogP contribution in [-0.4, -0.2) is 26.2 Å². The molecule has 0 saturated heterocycles. The van der Waals surface area contributed by atoms with Crippen LogP contribution in [0.2, 0.25) is 0 Å².